The number of rotatable bonds is 3. The lowest BCUT2D eigenvalue weighted by molar-refractivity contribution is -0.137. The van der Waals surface area contributed by atoms with E-state index in [1.54, 1.807) is 6.20 Å². The number of nitrogens with zero attached hydrogens (tertiary/aromatic N) is 2. The van der Waals surface area contributed by atoms with Crippen LogP contribution in [-0.2, 0) is 30.4 Å². The number of hydrogen-bond donors (Lipinski definition) is 1. The van der Waals surface area contributed by atoms with Gasteiger partial charge in [-0.3, -0.25) is 9.48 Å². The van der Waals surface area contributed by atoms with Gasteiger partial charge in [-0.2, -0.15) is 18.3 Å². The molecule has 0 saturated carbocycles. The van der Waals surface area contributed by atoms with E-state index < -0.39 is 11.7 Å². The Labute approximate surface area is 131 Å². The second-order valence-corrected chi connectivity index (χ2v) is 5.68. The topological polar surface area (TPSA) is 46.9 Å². The molecule has 1 aliphatic heterocycles. The number of nitrogens with one attached hydrogen (secondary N) is 1. The maximum Gasteiger partial charge on any atom is 0.416 e. The SMILES string of the molecule is O=C(Cc1cccc(C(F)(F)F)c1)N[C@@H]1CCn2nccc2C1. The number of carbonyl (C=O) groups is 1. The molecule has 0 fully saturated rings. The lowest BCUT2D eigenvalue weighted by atomic mass is 10.0. The fraction of sp³-hybridized carbons (Fsp3) is 0.375. The van der Waals surface area contributed by atoms with Crippen LogP contribution in [0.25, 0.3) is 0 Å². The zero-order valence-electron chi connectivity index (χ0n) is 12.3. The Kier molecular flexibility index (Phi) is 4.11. The number of halogens is 3. The van der Waals surface area contributed by atoms with E-state index in [0.717, 1.165) is 30.8 Å². The van der Waals surface area contributed by atoms with Gasteiger partial charge in [-0.1, -0.05) is 18.2 Å². The van der Waals surface area contributed by atoms with Crippen LogP contribution in [0.3, 0.4) is 0 Å². The van der Waals surface area contributed by atoms with Gasteiger partial charge in [0.1, 0.15) is 0 Å². The number of benzene rings is 1. The molecule has 23 heavy (non-hydrogen) atoms. The van der Waals surface area contributed by atoms with E-state index >= 15 is 0 Å². The first-order valence-corrected chi connectivity index (χ1v) is 7.38. The van der Waals surface area contributed by atoms with E-state index in [4.69, 9.17) is 0 Å². The van der Waals surface area contributed by atoms with Crippen LogP contribution in [0.2, 0.25) is 0 Å². The van der Waals surface area contributed by atoms with Gasteiger partial charge < -0.3 is 5.32 Å². The van der Waals surface area contributed by atoms with Gasteiger partial charge in [0.2, 0.25) is 5.91 Å². The van der Waals surface area contributed by atoms with Crippen molar-refractivity contribution < 1.29 is 18.0 Å². The molecule has 1 aromatic heterocycles. The van der Waals surface area contributed by atoms with Gasteiger partial charge in [0.15, 0.2) is 0 Å². The number of aryl methyl sites for hydroxylation is 1. The minimum absolute atomic E-state index is 0.00232. The van der Waals surface area contributed by atoms with Crippen molar-refractivity contribution in [3.05, 3.63) is 53.3 Å². The van der Waals surface area contributed by atoms with Crippen LogP contribution < -0.4 is 5.32 Å². The molecule has 2 aromatic rings. The van der Waals surface area contributed by atoms with Crippen molar-refractivity contribution in [2.45, 2.75) is 38.0 Å². The molecule has 3 rings (SSSR count). The fourth-order valence-corrected chi connectivity index (χ4v) is 2.81. The highest BCUT2D eigenvalue weighted by Crippen LogP contribution is 2.29. The molecule has 1 amide bonds. The van der Waals surface area contributed by atoms with Crippen molar-refractivity contribution >= 4 is 5.91 Å². The van der Waals surface area contributed by atoms with Crippen molar-refractivity contribution in [2.24, 2.45) is 0 Å². The first-order valence-electron chi connectivity index (χ1n) is 7.38. The van der Waals surface area contributed by atoms with Crippen LogP contribution in [0.5, 0.6) is 0 Å². The molecule has 0 bridgehead atoms. The summed E-state index contributed by atoms with van der Waals surface area (Å²) in [5.74, 6) is -0.262. The van der Waals surface area contributed by atoms with Gasteiger partial charge in [-0.25, -0.2) is 0 Å². The standard InChI is InChI=1S/C16H16F3N3O/c17-16(18,19)12-3-1-2-11(8-12)9-15(23)21-13-5-7-22-14(10-13)4-6-20-22/h1-4,6,8,13H,5,7,9-10H2,(H,21,23)/t13-/m1/s1. The van der Waals surface area contributed by atoms with E-state index in [1.807, 2.05) is 10.7 Å². The molecule has 0 unspecified atom stereocenters. The minimum Gasteiger partial charge on any atom is -0.353 e. The lowest BCUT2D eigenvalue weighted by Gasteiger charge is -2.24. The van der Waals surface area contributed by atoms with Crippen molar-refractivity contribution in [3.63, 3.8) is 0 Å². The first kappa shape index (κ1) is 15.6. The second kappa shape index (κ2) is 6.06. The third-order valence-electron chi connectivity index (χ3n) is 3.93. The van der Waals surface area contributed by atoms with Gasteiger partial charge in [-0.15, -0.1) is 0 Å². The van der Waals surface area contributed by atoms with Gasteiger partial charge >= 0.3 is 6.18 Å². The smallest absolute Gasteiger partial charge is 0.353 e. The van der Waals surface area contributed by atoms with E-state index in [1.165, 1.54) is 12.1 Å². The average molecular weight is 323 g/mol. The summed E-state index contributed by atoms with van der Waals surface area (Å²) in [5, 5.41) is 7.06. The van der Waals surface area contributed by atoms with Gasteiger partial charge in [-0.05, 0) is 24.1 Å². The van der Waals surface area contributed by atoms with E-state index in [2.05, 4.69) is 10.4 Å². The number of hydrogen-bond acceptors (Lipinski definition) is 2. The lowest BCUT2D eigenvalue weighted by Crippen LogP contribution is -2.40. The van der Waals surface area contributed by atoms with E-state index in [9.17, 15) is 18.0 Å². The molecule has 2 heterocycles. The number of carbonyl (C=O) groups excluding carboxylic acids is 1. The van der Waals surface area contributed by atoms with Gasteiger partial charge in [0.05, 0.1) is 12.0 Å². The van der Waals surface area contributed by atoms with Crippen molar-refractivity contribution in [2.75, 3.05) is 0 Å². The molecular weight excluding hydrogens is 307 g/mol. The van der Waals surface area contributed by atoms with Gasteiger partial charge in [0, 0.05) is 30.9 Å². The quantitative estimate of drug-likeness (QED) is 0.944. The first-order chi connectivity index (χ1) is 10.9. The molecule has 1 N–H and O–H groups in total. The van der Waals surface area contributed by atoms with Crippen molar-refractivity contribution in [3.8, 4) is 0 Å². The number of amides is 1. The zero-order valence-corrected chi connectivity index (χ0v) is 12.3. The molecule has 122 valence electrons. The maximum atomic E-state index is 12.7. The molecule has 7 heteroatoms. The predicted octanol–water partition coefficient (Wildman–Crippen LogP) is 2.58. The summed E-state index contributed by atoms with van der Waals surface area (Å²) in [7, 11) is 0. The molecule has 4 nitrogen and oxygen atoms in total. The largest absolute Gasteiger partial charge is 0.416 e. The zero-order chi connectivity index (χ0) is 16.4. The summed E-state index contributed by atoms with van der Waals surface area (Å²) >= 11 is 0. The normalized spacial score (nSPS) is 17.6. The van der Waals surface area contributed by atoms with E-state index in [0.29, 0.717) is 12.0 Å². The van der Waals surface area contributed by atoms with Crippen molar-refractivity contribution in [1.29, 1.82) is 0 Å². The summed E-state index contributed by atoms with van der Waals surface area (Å²) in [6.07, 6.45) is -1.27. The number of aromatic nitrogens is 2. The average Bonchev–Trinajstić information content (AvgIpc) is 2.94. The molecule has 1 aliphatic rings. The highest BCUT2D eigenvalue weighted by atomic mass is 19.4. The number of alkyl halides is 3. The molecule has 0 spiro atoms. The molecule has 0 aliphatic carbocycles. The second-order valence-electron chi connectivity index (χ2n) is 5.68. The third kappa shape index (κ3) is 3.72. The molecule has 1 aromatic carbocycles. The molecule has 0 saturated heterocycles. The number of fused-ring (bicyclic) bond motifs is 1. The van der Waals surface area contributed by atoms with Crippen LogP contribution in [0, 0.1) is 0 Å². The summed E-state index contributed by atoms with van der Waals surface area (Å²) in [4.78, 5) is 12.1. The Morgan fingerprint density at radius 3 is 2.96 bits per heavy atom. The highest BCUT2D eigenvalue weighted by Gasteiger charge is 2.30. The molecule has 0 radical (unpaired) electrons. The van der Waals surface area contributed by atoms with Crippen LogP contribution in [0.4, 0.5) is 13.2 Å². The fourth-order valence-electron chi connectivity index (χ4n) is 2.81. The minimum atomic E-state index is -4.39. The summed E-state index contributed by atoms with van der Waals surface area (Å²) in [6.45, 7) is 0.733. The van der Waals surface area contributed by atoms with Crippen LogP contribution in [0.15, 0.2) is 36.5 Å². The van der Waals surface area contributed by atoms with E-state index in [-0.39, 0.29) is 18.4 Å². The Morgan fingerprint density at radius 2 is 2.17 bits per heavy atom. The summed E-state index contributed by atoms with van der Waals surface area (Å²) < 4.78 is 39.9. The van der Waals surface area contributed by atoms with Crippen LogP contribution in [0.1, 0.15) is 23.2 Å². The molecular formula is C16H16F3N3O. The Hall–Kier alpha value is -2.31. The third-order valence-corrected chi connectivity index (χ3v) is 3.93. The van der Waals surface area contributed by atoms with Crippen LogP contribution >= 0.6 is 0 Å². The van der Waals surface area contributed by atoms with Gasteiger partial charge in [0.25, 0.3) is 0 Å². The maximum absolute atomic E-state index is 12.7. The monoisotopic (exact) mass is 323 g/mol. The Morgan fingerprint density at radius 1 is 1.35 bits per heavy atom. The predicted molar refractivity (Wildman–Crippen MR) is 77.6 cm³/mol. The summed E-state index contributed by atoms with van der Waals surface area (Å²) in [6, 6.07) is 6.79. The highest BCUT2D eigenvalue weighted by molar-refractivity contribution is 5.79. The summed E-state index contributed by atoms with van der Waals surface area (Å²) in [5.41, 5.74) is 0.683. The van der Waals surface area contributed by atoms with Crippen LogP contribution in [-0.4, -0.2) is 21.7 Å². The Bertz CT molecular complexity index is 709. The van der Waals surface area contributed by atoms with Crippen molar-refractivity contribution in [1.82, 2.24) is 15.1 Å². The molecule has 1 atom stereocenters. The Balaban J connectivity index is 1.60.